The van der Waals surface area contributed by atoms with Gasteiger partial charge in [-0.2, -0.15) is 0 Å². The molecule has 0 saturated heterocycles. The van der Waals surface area contributed by atoms with Crippen molar-refractivity contribution in [3.05, 3.63) is 29.8 Å². The summed E-state index contributed by atoms with van der Waals surface area (Å²) in [4.78, 5) is 13.9. The number of hydrogen-bond acceptors (Lipinski definition) is 3. The molecule has 0 heterocycles. The van der Waals surface area contributed by atoms with Gasteiger partial charge in [0.15, 0.2) is 0 Å². The highest BCUT2D eigenvalue weighted by atomic mass is 16.1. The van der Waals surface area contributed by atoms with Crippen molar-refractivity contribution in [2.75, 3.05) is 26.0 Å². The molecule has 0 aliphatic carbocycles. The van der Waals surface area contributed by atoms with E-state index in [9.17, 15) is 4.79 Å². The first kappa shape index (κ1) is 15.7. The maximum Gasteiger partial charge on any atom is 0.238 e. The topological polar surface area (TPSA) is 44.4 Å². The van der Waals surface area contributed by atoms with Crippen molar-refractivity contribution in [2.24, 2.45) is 0 Å². The average molecular weight is 263 g/mol. The zero-order valence-electron chi connectivity index (χ0n) is 12.4. The SMILES string of the molecule is CCC(C)NCC(=O)Nc1cccc(CN(C)C)c1. The molecule has 4 nitrogen and oxygen atoms in total. The fourth-order valence-corrected chi connectivity index (χ4v) is 1.73. The van der Waals surface area contributed by atoms with Crippen LogP contribution in [0, 0.1) is 0 Å². The summed E-state index contributed by atoms with van der Waals surface area (Å²) >= 11 is 0. The van der Waals surface area contributed by atoms with E-state index in [1.54, 1.807) is 0 Å². The first-order chi connectivity index (χ1) is 9.01. The molecule has 0 aromatic heterocycles. The standard InChI is InChI=1S/C15H25N3O/c1-5-12(2)16-10-15(19)17-14-8-6-7-13(9-14)11-18(3)4/h6-9,12,16H,5,10-11H2,1-4H3,(H,17,19). The van der Waals surface area contributed by atoms with Crippen molar-refractivity contribution in [1.29, 1.82) is 0 Å². The van der Waals surface area contributed by atoms with Crippen LogP contribution in [0.5, 0.6) is 0 Å². The molecule has 19 heavy (non-hydrogen) atoms. The van der Waals surface area contributed by atoms with E-state index < -0.39 is 0 Å². The summed E-state index contributed by atoms with van der Waals surface area (Å²) in [5.74, 6) is 0.00213. The Bertz CT molecular complexity index is 404. The van der Waals surface area contributed by atoms with Crippen molar-refractivity contribution >= 4 is 11.6 Å². The van der Waals surface area contributed by atoms with Gasteiger partial charge in [-0.1, -0.05) is 19.1 Å². The number of nitrogens with one attached hydrogen (secondary N) is 2. The molecule has 0 fully saturated rings. The molecule has 0 aliphatic rings. The van der Waals surface area contributed by atoms with Crippen molar-refractivity contribution in [3.8, 4) is 0 Å². The molecule has 2 N–H and O–H groups in total. The molecule has 1 rings (SSSR count). The highest BCUT2D eigenvalue weighted by Crippen LogP contribution is 2.11. The molecule has 0 radical (unpaired) electrons. The number of benzene rings is 1. The monoisotopic (exact) mass is 263 g/mol. The Balaban J connectivity index is 2.49. The number of carbonyl (C=O) groups is 1. The highest BCUT2D eigenvalue weighted by Gasteiger charge is 2.05. The molecule has 1 aromatic carbocycles. The van der Waals surface area contributed by atoms with Gasteiger partial charge in [-0.05, 0) is 45.1 Å². The second-order valence-electron chi connectivity index (χ2n) is 5.18. The van der Waals surface area contributed by atoms with Crippen LogP contribution >= 0.6 is 0 Å². The van der Waals surface area contributed by atoms with Gasteiger partial charge in [-0.25, -0.2) is 0 Å². The van der Waals surface area contributed by atoms with Gasteiger partial charge in [0, 0.05) is 18.3 Å². The van der Waals surface area contributed by atoms with Crippen LogP contribution in [0.25, 0.3) is 0 Å². The Morgan fingerprint density at radius 1 is 1.37 bits per heavy atom. The lowest BCUT2D eigenvalue weighted by molar-refractivity contribution is -0.115. The molecule has 1 amide bonds. The Morgan fingerprint density at radius 2 is 2.11 bits per heavy atom. The predicted molar refractivity (Wildman–Crippen MR) is 80.2 cm³/mol. The fraction of sp³-hybridized carbons (Fsp3) is 0.533. The van der Waals surface area contributed by atoms with E-state index in [1.165, 1.54) is 5.56 Å². The molecular formula is C15H25N3O. The van der Waals surface area contributed by atoms with Gasteiger partial charge < -0.3 is 15.5 Å². The van der Waals surface area contributed by atoms with Crippen molar-refractivity contribution < 1.29 is 4.79 Å². The van der Waals surface area contributed by atoms with Gasteiger partial charge in [0.05, 0.1) is 6.54 Å². The van der Waals surface area contributed by atoms with Crippen LogP contribution in [-0.2, 0) is 11.3 Å². The molecule has 0 saturated carbocycles. The van der Waals surface area contributed by atoms with E-state index in [-0.39, 0.29) is 5.91 Å². The summed E-state index contributed by atoms with van der Waals surface area (Å²) in [6.45, 7) is 5.40. The largest absolute Gasteiger partial charge is 0.325 e. The number of rotatable bonds is 7. The third-order valence-electron chi connectivity index (χ3n) is 2.93. The lowest BCUT2D eigenvalue weighted by Gasteiger charge is -2.13. The van der Waals surface area contributed by atoms with E-state index in [0.29, 0.717) is 12.6 Å². The third-order valence-corrected chi connectivity index (χ3v) is 2.93. The number of amides is 1. The lowest BCUT2D eigenvalue weighted by atomic mass is 10.2. The molecule has 1 unspecified atom stereocenters. The van der Waals surface area contributed by atoms with Gasteiger partial charge in [0.2, 0.25) is 5.91 Å². The first-order valence-corrected chi connectivity index (χ1v) is 6.78. The molecule has 0 spiro atoms. The van der Waals surface area contributed by atoms with Crippen LogP contribution in [0.1, 0.15) is 25.8 Å². The molecule has 4 heteroatoms. The van der Waals surface area contributed by atoms with Gasteiger partial charge in [-0.3, -0.25) is 4.79 Å². The maximum atomic E-state index is 11.8. The quantitative estimate of drug-likeness (QED) is 0.791. The summed E-state index contributed by atoms with van der Waals surface area (Å²) in [6, 6.07) is 8.33. The minimum Gasteiger partial charge on any atom is -0.325 e. The molecular weight excluding hydrogens is 238 g/mol. The molecule has 106 valence electrons. The molecule has 0 bridgehead atoms. The second-order valence-corrected chi connectivity index (χ2v) is 5.18. The van der Waals surface area contributed by atoms with Crippen LogP contribution < -0.4 is 10.6 Å². The average Bonchev–Trinajstić information content (AvgIpc) is 2.35. The van der Waals surface area contributed by atoms with Crippen LogP contribution in [0.4, 0.5) is 5.69 Å². The zero-order valence-corrected chi connectivity index (χ0v) is 12.4. The number of hydrogen-bond donors (Lipinski definition) is 2. The Morgan fingerprint density at radius 3 is 2.74 bits per heavy atom. The van der Waals surface area contributed by atoms with Crippen LogP contribution in [0.3, 0.4) is 0 Å². The van der Waals surface area contributed by atoms with E-state index in [1.807, 2.05) is 32.3 Å². The summed E-state index contributed by atoms with van der Waals surface area (Å²) < 4.78 is 0. The summed E-state index contributed by atoms with van der Waals surface area (Å²) in [5.41, 5.74) is 2.05. The van der Waals surface area contributed by atoms with Crippen LogP contribution in [-0.4, -0.2) is 37.5 Å². The van der Waals surface area contributed by atoms with Crippen LogP contribution in [0.15, 0.2) is 24.3 Å². The minimum atomic E-state index is 0.00213. The van der Waals surface area contributed by atoms with Gasteiger partial charge >= 0.3 is 0 Å². The molecule has 1 aromatic rings. The summed E-state index contributed by atoms with van der Waals surface area (Å²) in [7, 11) is 4.06. The zero-order chi connectivity index (χ0) is 14.3. The van der Waals surface area contributed by atoms with Crippen LogP contribution in [0.2, 0.25) is 0 Å². The van der Waals surface area contributed by atoms with E-state index in [4.69, 9.17) is 0 Å². The smallest absolute Gasteiger partial charge is 0.238 e. The van der Waals surface area contributed by atoms with Gasteiger partial charge in [0.1, 0.15) is 0 Å². The predicted octanol–water partition coefficient (Wildman–Crippen LogP) is 2.07. The summed E-state index contributed by atoms with van der Waals surface area (Å²) in [6.07, 6.45) is 1.02. The summed E-state index contributed by atoms with van der Waals surface area (Å²) in [5, 5.41) is 6.09. The van der Waals surface area contributed by atoms with Crippen molar-refractivity contribution in [3.63, 3.8) is 0 Å². The molecule has 0 aliphatic heterocycles. The van der Waals surface area contributed by atoms with Gasteiger partial charge in [-0.15, -0.1) is 0 Å². The number of anilines is 1. The highest BCUT2D eigenvalue weighted by molar-refractivity contribution is 5.92. The third kappa shape index (κ3) is 6.36. The van der Waals surface area contributed by atoms with Gasteiger partial charge in [0.25, 0.3) is 0 Å². The lowest BCUT2D eigenvalue weighted by Crippen LogP contribution is -2.33. The van der Waals surface area contributed by atoms with Crippen molar-refractivity contribution in [2.45, 2.75) is 32.9 Å². The maximum absolute atomic E-state index is 11.8. The fourth-order valence-electron chi connectivity index (χ4n) is 1.73. The van der Waals surface area contributed by atoms with Crippen molar-refractivity contribution in [1.82, 2.24) is 10.2 Å². The first-order valence-electron chi connectivity index (χ1n) is 6.78. The Kier molecular flexibility index (Phi) is 6.53. The molecule has 1 atom stereocenters. The van der Waals surface area contributed by atoms with E-state index in [2.05, 4.69) is 35.4 Å². The number of carbonyl (C=O) groups excluding carboxylic acids is 1. The Labute approximate surface area is 116 Å². The van der Waals surface area contributed by atoms with E-state index in [0.717, 1.165) is 18.7 Å². The Hall–Kier alpha value is -1.39. The van der Waals surface area contributed by atoms with E-state index >= 15 is 0 Å². The number of nitrogens with zero attached hydrogens (tertiary/aromatic N) is 1. The minimum absolute atomic E-state index is 0.00213. The normalized spacial score (nSPS) is 12.5. The second kappa shape index (κ2) is 7.92.